The Morgan fingerprint density at radius 3 is 2.67 bits per heavy atom. The van der Waals surface area contributed by atoms with E-state index in [1.165, 1.54) is 17.3 Å². The molecule has 0 radical (unpaired) electrons. The molecule has 0 bridgehead atoms. The molecular weight excluding hydrogens is 365 g/mol. The lowest BCUT2D eigenvalue weighted by molar-refractivity contribution is 0.188. The molecule has 0 saturated carbocycles. The van der Waals surface area contributed by atoms with Crippen molar-refractivity contribution < 1.29 is 9.13 Å². The van der Waals surface area contributed by atoms with E-state index in [0.29, 0.717) is 18.5 Å². The van der Waals surface area contributed by atoms with E-state index in [9.17, 15) is 4.39 Å². The Balaban J connectivity index is 0.00000210. The molecule has 0 saturated heterocycles. The molecule has 0 atom stereocenters. The van der Waals surface area contributed by atoms with Crippen molar-refractivity contribution in [2.24, 2.45) is 0 Å². The molecule has 0 aliphatic carbocycles. The topological polar surface area (TPSA) is 30.3 Å². The molecule has 1 aromatic carbocycles. The van der Waals surface area contributed by atoms with Gasteiger partial charge in [-0.15, -0.1) is 12.4 Å². The predicted octanol–water partition coefficient (Wildman–Crippen LogP) is 4.42. The van der Waals surface area contributed by atoms with Crippen LogP contribution in [0.15, 0.2) is 30.5 Å². The van der Waals surface area contributed by atoms with Crippen LogP contribution in [0.1, 0.15) is 22.4 Å². The molecule has 6 heteroatoms. The first-order valence-corrected chi connectivity index (χ1v) is 9.06. The van der Waals surface area contributed by atoms with Gasteiger partial charge in [0.25, 0.3) is 0 Å². The number of methoxy groups -OCH3 is 1. The molecule has 0 fully saturated rings. The molecule has 1 aliphatic heterocycles. The van der Waals surface area contributed by atoms with Crippen LogP contribution < -0.4 is 4.90 Å². The maximum atomic E-state index is 14.6. The fourth-order valence-corrected chi connectivity index (χ4v) is 4.00. The van der Waals surface area contributed by atoms with E-state index in [1.54, 1.807) is 7.11 Å². The first kappa shape index (κ1) is 19.6. The number of nitrogens with zero attached hydrogens (tertiary/aromatic N) is 3. The number of fused-ring (bicyclic) bond motifs is 2. The van der Waals surface area contributed by atoms with Crippen LogP contribution in [0.25, 0.3) is 10.9 Å². The fraction of sp³-hybridized carbons (Fsp3) is 0.381. The lowest BCUT2D eigenvalue weighted by Crippen LogP contribution is -2.31. The maximum absolute atomic E-state index is 14.6. The number of hydrogen-bond acceptors (Lipinski definition) is 3. The third-order valence-electron chi connectivity index (χ3n) is 5.53. The van der Waals surface area contributed by atoms with Gasteiger partial charge in [-0.2, -0.15) is 0 Å². The fourth-order valence-electron chi connectivity index (χ4n) is 4.00. The molecule has 0 amide bonds. The van der Waals surface area contributed by atoms with Gasteiger partial charge >= 0.3 is 0 Å². The summed E-state index contributed by atoms with van der Waals surface area (Å²) in [5.41, 5.74) is 5.65. The van der Waals surface area contributed by atoms with E-state index < -0.39 is 0 Å². The lowest BCUT2D eigenvalue weighted by Gasteiger charge is -2.30. The van der Waals surface area contributed by atoms with E-state index >= 15 is 0 Å². The largest absolute Gasteiger partial charge is 0.383 e. The summed E-state index contributed by atoms with van der Waals surface area (Å²) in [5, 5.41) is 0.683. The summed E-state index contributed by atoms with van der Waals surface area (Å²) in [5.74, 6) is 0.612. The van der Waals surface area contributed by atoms with Gasteiger partial charge in [0, 0.05) is 37.8 Å². The Kier molecular flexibility index (Phi) is 5.72. The second-order valence-corrected chi connectivity index (χ2v) is 6.95. The average Bonchev–Trinajstić information content (AvgIpc) is 2.92. The summed E-state index contributed by atoms with van der Waals surface area (Å²) in [7, 11) is 1.69. The van der Waals surface area contributed by atoms with Gasteiger partial charge < -0.3 is 14.2 Å². The van der Waals surface area contributed by atoms with Crippen molar-refractivity contribution in [2.75, 3.05) is 25.2 Å². The van der Waals surface area contributed by atoms with Crippen LogP contribution in [0.4, 0.5) is 10.2 Å². The zero-order chi connectivity index (χ0) is 18.3. The van der Waals surface area contributed by atoms with Crippen LogP contribution in [0.3, 0.4) is 0 Å². The van der Waals surface area contributed by atoms with Gasteiger partial charge in [0.15, 0.2) is 11.6 Å². The van der Waals surface area contributed by atoms with E-state index in [1.807, 2.05) is 13.8 Å². The smallest absolute Gasteiger partial charge is 0.153 e. The molecule has 2 aromatic heterocycles. The number of aryl methyl sites for hydroxylation is 1. The van der Waals surface area contributed by atoms with Crippen molar-refractivity contribution in [3.8, 4) is 0 Å². The highest BCUT2D eigenvalue weighted by Gasteiger charge is 2.24. The van der Waals surface area contributed by atoms with Crippen molar-refractivity contribution in [1.29, 1.82) is 0 Å². The molecule has 0 unspecified atom stereocenters. The molecule has 4 rings (SSSR count). The molecule has 144 valence electrons. The molecular formula is C21H25ClFN3O. The minimum absolute atomic E-state index is 0. The Bertz CT molecular complexity index is 970. The number of halogens is 2. The normalized spacial score (nSPS) is 13.6. The van der Waals surface area contributed by atoms with Crippen LogP contribution in [0.2, 0.25) is 0 Å². The lowest BCUT2D eigenvalue weighted by atomic mass is 10.00. The summed E-state index contributed by atoms with van der Waals surface area (Å²) in [4.78, 5) is 6.79. The number of ether oxygens (including phenoxy) is 1. The summed E-state index contributed by atoms with van der Waals surface area (Å²) in [6, 6.07) is 8.52. The first-order chi connectivity index (χ1) is 12.6. The highest BCUT2D eigenvalue weighted by molar-refractivity contribution is 5.94. The van der Waals surface area contributed by atoms with Gasteiger partial charge in [-0.3, -0.25) is 0 Å². The Morgan fingerprint density at radius 2 is 1.93 bits per heavy atom. The number of aromatic nitrogens is 2. The quantitative estimate of drug-likeness (QED) is 0.661. The minimum atomic E-state index is -0.252. The molecule has 0 spiro atoms. The first-order valence-electron chi connectivity index (χ1n) is 9.06. The van der Waals surface area contributed by atoms with Crippen LogP contribution in [-0.4, -0.2) is 29.8 Å². The van der Waals surface area contributed by atoms with Crippen molar-refractivity contribution >= 4 is 29.1 Å². The molecule has 3 aromatic rings. The molecule has 1 aliphatic rings. The van der Waals surface area contributed by atoms with Gasteiger partial charge in [0.1, 0.15) is 0 Å². The summed E-state index contributed by atoms with van der Waals surface area (Å²) >= 11 is 0. The predicted molar refractivity (Wildman–Crippen MR) is 109 cm³/mol. The number of rotatable bonds is 4. The SMILES string of the molecule is COCCn1c(C)c(C)c2c(F)cnc(N3CCc4ccccc4C3)c21.Cl. The molecule has 27 heavy (non-hydrogen) atoms. The minimum Gasteiger partial charge on any atom is -0.383 e. The molecule has 4 nitrogen and oxygen atoms in total. The summed E-state index contributed by atoms with van der Waals surface area (Å²) < 4.78 is 22.0. The van der Waals surface area contributed by atoms with E-state index in [-0.39, 0.29) is 18.2 Å². The highest BCUT2D eigenvalue weighted by Crippen LogP contribution is 2.35. The number of pyridine rings is 1. The summed E-state index contributed by atoms with van der Waals surface area (Å²) in [6.07, 6.45) is 2.35. The van der Waals surface area contributed by atoms with Gasteiger partial charge in [-0.1, -0.05) is 24.3 Å². The van der Waals surface area contributed by atoms with Crippen LogP contribution in [0, 0.1) is 19.7 Å². The third-order valence-corrected chi connectivity index (χ3v) is 5.53. The van der Waals surface area contributed by atoms with Crippen molar-refractivity contribution in [1.82, 2.24) is 9.55 Å². The standard InChI is InChI=1S/C21H24FN3O.ClH/c1-14-15(2)25(10-11-26-3)20-19(14)18(22)12-23-21(20)24-9-8-16-6-4-5-7-17(16)13-24;/h4-7,12H,8-11,13H2,1-3H3;1H. The van der Waals surface area contributed by atoms with Gasteiger partial charge in [-0.05, 0) is 37.0 Å². The molecule has 3 heterocycles. The van der Waals surface area contributed by atoms with Gasteiger partial charge in [-0.25, -0.2) is 9.37 Å². The second kappa shape index (κ2) is 7.87. The van der Waals surface area contributed by atoms with Crippen LogP contribution in [0.5, 0.6) is 0 Å². The van der Waals surface area contributed by atoms with Gasteiger partial charge in [0.05, 0.1) is 18.3 Å². The maximum Gasteiger partial charge on any atom is 0.153 e. The van der Waals surface area contributed by atoms with Crippen LogP contribution in [-0.2, 0) is 24.2 Å². The number of anilines is 1. The van der Waals surface area contributed by atoms with Crippen molar-refractivity contribution in [3.63, 3.8) is 0 Å². The van der Waals surface area contributed by atoms with E-state index in [0.717, 1.165) is 42.1 Å². The Morgan fingerprint density at radius 1 is 1.19 bits per heavy atom. The van der Waals surface area contributed by atoms with E-state index in [4.69, 9.17) is 4.74 Å². The monoisotopic (exact) mass is 389 g/mol. The number of benzene rings is 1. The van der Waals surface area contributed by atoms with Crippen molar-refractivity contribution in [2.45, 2.75) is 33.4 Å². The third kappa shape index (κ3) is 3.30. The zero-order valence-corrected chi connectivity index (χ0v) is 16.8. The summed E-state index contributed by atoms with van der Waals surface area (Å²) in [6.45, 7) is 6.99. The second-order valence-electron chi connectivity index (χ2n) is 6.95. The Hall–Kier alpha value is -2.11. The highest BCUT2D eigenvalue weighted by atomic mass is 35.5. The Labute approximate surface area is 165 Å². The van der Waals surface area contributed by atoms with Gasteiger partial charge in [0.2, 0.25) is 0 Å². The average molecular weight is 390 g/mol. The zero-order valence-electron chi connectivity index (χ0n) is 16.0. The van der Waals surface area contributed by atoms with E-state index in [2.05, 4.69) is 38.7 Å². The van der Waals surface area contributed by atoms with Crippen molar-refractivity contribution in [3.05, 3.63) is 58.7 Å². The number of hydrogen-bond donors (Lipinski definition) is 0. The molecule has 0 N–H and O–H groups in total. The van der Waals surface area contributed by atoms with Crippen LogP contribution >= 0.6 is 12.4 Å².